The molecule has 1 saturated carbocycles. The van der Waals surface area contributed by atoms with Crippen molar-refractivity contribution in [1.82, 2.24) is 0 Å². The minimum Gasteiger partial charge on any atom is -0.385 e. The third kappa shape index (κ3) is 2.15. The molecule has 0 saturated heterocycles. The molecule has 2 aliphatic rings. The van der Waals surface area contributed by atoms with Crippen LogP contribution < -0.4 is 5.32 Å². The first kappa shape index (κ1) is 12.1. The fourth-order valence-electron chi connectivity index (χ4n) is 4.22. The zero-order valence-electron chi connectivity index (χ0n) is 11.5. The van der Waals surface area contributed by atoms with Crippen LogP contribution in [0.1, 0.15) is 56.9 Å². The number of hydrogen-bond acceptors (Lipinski definition) is 1. The molecule has 98 valence electrons. The van der Waals surface area contributed by atoms with Gasteiger partial charge in [0.2, 0.25) is 0 Å². The van der Waals surface area contributed by atoms with Crippen LogP contribution in [0.2, 0.25) is 0 Å². The molecule has 3 rings (SSSR count). The van der Waals surface area contributed by atoms with Crippen molar-refractivity contribution in [2.24, 2.45) is 11.8 Å². The summed E-state index contributed by atoms with van der Waals surface area (Å²) in [4.78, 5) is 0. The summed E-state index contributed by atoms with van der Waals surface area (Å²) >= 11 is 0. The Balaban J connectivity index is 1.88. The van der Waals surface area contributed by atoms with Crippen LogP contribution in [0, 0.1) is 11.8 Å². The van der Waals surface area contributed by atoms with Crippen LogP contribution in [-0.4, -0.2) is 6.54 Å². The van der Waals surface area contributed by atoms with E-state index in [1.165, 1.54) is 44.2 Å². The summed E-state index contributed by atoms with van der Waals surface area (Å²) in [5.74, 6) is 2.72. The first-order valence-electron chi connectivity index (χ1n) is 7.73. The van der Waals surface area contributed by atoms with Gasteiger partial charge in [-0.2, -0.15) is 0 Å². The van der Waals surface area contributed by atoms with Gasteiger partial charge in [0.1, 0.15) is 0 Å². The molecule has 1 aromatic carbocycles. The molecule has 0 bridgehead atoms. The molecule has 0 spiro atoms. The van der Waals surface area contributed by atoms with Crippen molar-refractivity contribution in [2.45, 2.75) is 51.4 Å². The summed E-state index contributed by atoms with van der Waals surface area (Å²) in [5, 5.41) is 3.56. The Bertz CT molecular complexity index is 398. The van der Waals surface area contributed by atoms with E-state index in [9.17, 15) is 0 Å². The van der Waals surface area contributed by atoms with Gasteiger partial charge in [0.05, 0.1) is 0 Å². The molecular formula is C17H25N. The Labute approximate surface area is 111 Å². The maximum Gasteiger partial charge on any atom is 0.0375 e. The van der Waals surface area contributed by atoms with Crippen molar-refractivity contribution in [2.75, 3.05) is 11.9 Å². The Morgan fingerprint density at radius 2 is 1.94 bits per heavy atom. The van der Waals surface area contributed by atoms with Crippen LogP contribution in [0.5, 0.6) is 0 Å². The van der Waals surface area contributed by atoms with Crippen molar-refractivity contribution < 1.29 is 0 Å². The molecule has 1 aromatic rings. The minimum atomic E-state index is 0.813. The van der Waals surface area contributed by atoms with Gasteiger partial charge < -0.3 is 5.32 Å². The van der Waals surface area contributed by atoms with E-state index < -0.39 is 0 Å². The fraction of sp³-hybridized carbons (Fsp3) is 0.647. The third-order valence-electron chi connectivity index (χ3n) is 5.14. The van der Waals surface area contributed by atoms with Crippen LogP contribution in [0.3, 0.4) is 0 Å². The molecule has 1 heteroatoms. The molecule has 1 aliphatic carbocycles. The third-order valence-corrected chi connectivity index (χ3v) is 5.14. The van der Waals surface area contributed by atoms with Gasteiger partial charge in [0, 0.05) is 12.2 Å². The highest BCUT2D eigenvalue weighted by molar-refractivity contribution is 5.54. The number of para-hydroxylation sites is 1. The number of rotatable bonds is 2. The van der Waals surface area contributed by atoms with Gasteiger partial charge in [-0.05, 0) is 42.2 Å². The van der Waals surface area contributed by atoms with Gasteiger partial charge in [0.25, 0.3) is 0 Å². The van der Waals surface area contributed by atoms with Gasteiger partial charge in [-0.25, -0.2) is 0 Å². The number of nitrogens with one attached hydrogen (secondary N) is 1. The maximum atomic E-state index is 3.56. The van der Waals surface area contributed by atoms with Gasteiger partial charge in [-0.3, -0.25) is 0 Å². The Hall–Kier alpha value is -0.980. The molecule has 3 atom stereocenters. The fourth-order valence-corrected chi connectivity index (χ4v) is 4.22. The quantitative estimate of drug-likeness (QED) is 0.786. The van der Waals surface area contributed by atoms with E-state index in [1.54, 1.807) is 5.56 Å². The first-order chi connectivity index (χ1) is 8.90. The second kappa shape index (κ2) is 5.34. The second-order valence-corrected chi connectivity index (χ2v) is 6.03. The Kier molecular flexibility index (Phi) is 3.58. The zero-order chi connectivity index (χ0) is 12.4. The van der Waals surface area contributed by atoms with Gasteiger partial charge >= 0.3 is 0 Å². The van der Waals surface area contributed by atoms with Crippen LogP contribution in [0.15, 0.2) is 24.3 Å². The summed E-state index contributed by atoms with van der Waals surface area (Å²) in [6.07, 6.45) is 8.54. The molecule has 1 nitrogen and oxygen atoms in total. The lowest BCUT2D eigenvalue weighted by Crippen LogP contribution is -2.29. The normalized spacial score (nSPS) is 31.5. The summed E-state index contributed by atoms with van der Waals surface area (Å²) in [5.41, 5.74) is 2.99. The highest BCUT2D eigenvalue weighted by Gasteiger charge is 2.33. The molecule has 0 radical (unpaired) electrons. The summed E-state index contributed by atoms with van der Waals surface area (Å²) in [7, 11) is 0. The van der Waals surface area contributed by atoms with Crippen LogP contribution in [-0.2, 0) is 0 Å². The minimum absolute atomic E-state index is 0.813. The van der Waals surface area contributed by atoms with E-state index in [0.717, 1.165) is 24.3 Å². The van der Waals surface area contributed by atoms with Crippen molar-refractivity contribution in [3.63, 3.8) is 0 Å². The van der Waals surface area contributed by atoms with Gasteiger partial charge in [-0.15, -0.1) is 0 Å². The lowest BCUT2D eigenvalue weighted by molar-refractivity contribution is 0.189. The highest BCUT2D eigenvalue weighted by Crippen LogP contribution is 2.46. The number of hydrogen-bond donors (Lipinski definition) is 1. The van der Waals surface area contributed by atoms with E-state index >= 15 is 0 Å². The molecule has 1 fully saturated rings. The monoisotopic (exact) mass is 243 g/mol. The molecule has 0 amide bonds. The van der Waals surface area contributed by atoms with E-state index in [4.69, 9.17) is 0 Å². The standard InChI is InChI=1S/C17H25N/c1-2-13-7-3-4-8-14(13)15-11-12-18-17-10-6-5-9-16(15)17/h5-6,9-10,13-15,18H,2-4,7-8,11-12H2,1H3. The lowest BCUT2D eigenvalue weighted by atomic mass is 9.67. The summed E-state index contributed by atoms with van der Waals surface area (Å²) in [6, 6.07) is 8.98. The van der Waals surface area contributed by atoms with E-state index in [2.05, 4.69) is 36.5 Å². The maximum absolute atomic E-state index is 3.56. The van der Waals surface area contributed by atoms with Crippen molar-refractivity contribution in [1.29, 1.82) is 0 Å². The van der Waals surface area contributed by atoms with Crippen molar-refractivity contribution in [3.05, 3.63) is 29.8 Å². The predicted molar refractivity (Wildman–Crippen MR) is 78.0 cm³/mol. The average molecular weight is 243 g/mol. The van der Waals surface area contributed by atoms with Gasteiger partial charge in [-0.1, -0.05) is 50.8 Å². The van der Waals surface area contributed by atoms with E-state index in [1.807, 2.05) is 0 Å². The topological polar surface area (TPSA) is 12.0 Å². The van der Waals surface area contributed by atoms with Crippen molar-refractivity contribution in [3.8, 4) is 0 Å². The van der Waals surface area contributed by atoms with E-state index in [0.29, 0.717) is 0 Å². The SMILES string of the molecule is CCC1CCCCC1C1CCNc2ccccc21. The second-order valence-electron chi connectivity index (χ2n) is 6.03. The van der Waals surface area contributed by atoms with Crippen LogP contribution in [0.4, 0.5) is 5.69 Å². The van der Waals surface area contributed by atoms with Crippen molar-refractivity contribution >= 4 is 5.69 Å². The van der Waals surface area contributed by atoms with Crippen LogP contribution in [0.25, 0.3) is 0 Å². The molecule has 1 heterocycles. The van der Waals surface area contributed by atoms with E-state index in [-0.39, 0.29) is 0 Å². The summed E-state index contributed by atoms with van der Waals surface area (Å²) in [6.45, 7) is 3.55. The largest absolute Gasteiger partial charge is 0.385 e. The van der Waals surface area contributed by atoms with Gasteiger partial charge in [0.15, 0.2) is 0 Å². The number of fused-ring (bicyclic) bond motifs is 1. The highest BCUT2D eigenvalue weighted by atomic mass is 14.9. The molecule has 18 heavy (non-hydrogen) atoms. The Morgan fingerprint density at radius 1 is 1.11 bits per heavy atom. The smallest absolute Gasteiger partial charge is 0.0375 e. The molecule has 1 N–H and O–H groups in total. The molecule has 0 aromatic heterocycles. The summed E-state index contributed by atoms with van der Waals surface area (Å²) < 4.78 is 0. The number of benzene rings is 1. The predicted octanol–water partition coefficient (Wildman–Crippen LogP) is 4.80. The molecular weight excluding hydrogens is 218 g/mol. The zero-order valence-corrected chi connectivity index (χ0v) is 11.5. The first-order valence-corrected chi connectivity index (χ1v) is 7.73. The average Bonchev–Trinajstić information content (AvgIpc) is 2.46. The Morgan fingerprint density at radius 3 is 2.83 bits per heavy atom. The molecule has 1 aliphatic heterocycles. The number of anilines is 1. The van der Waals surface area contributed by atoms with Crippen LogP contribution >= 0.6 is 0 Å². The molecule has 3 unspecified atom stereocenters. The lowest BCUT2D eigenvalue weighted by Gasteiger charge is -2.40.